The van der Waals surface area contributed by atoms with Crippen LogP contribution in [0.5, 0.6) is 5.75 Å². The minimum Gasteiger partial charge on any atom is -0.497 e. The van der Waals surface area contributed by atoms with Crippen LogP contribution in [0, 0.1) is 5.82 Å². The number of aromatic nitrogens is 1. The molecule has 0 aliphatic carbocycles. The predicted molar refractivity (Wildman–Crippen MR) is 127 cm³/mol. The molecule has 0 aliphatic heterocycles. The Morgan fingerprint density at radius 1 is 1.18 bits per heavy atom. The fourth-order valence-electron chi connectivity index (χ4n) is 4.04. The van der Waals surface area contributed by atoms with Crippen molar-refractivity contribution in [3.63, 3.8) is 0 Å². The maximum absolute atomic E-state index is 14.0. The number of likely N-dealkylation sites (N-methyl/N-ethyl adjacent to an activating group) is 1. The quantitative estimate of drug-likeness (QED) is 0.380. The third-order valence-electron chi connectivity index (χ3n) is 5.84. The number of fused-ring (bicyclic) bond motifs is 1. The number of halogens is 1. The zero-order valence-corrected chi connectivity index (χ0v) is 19.0. The number of aromatic amines is 1. The first-order valence-electron chi connectivity index (χ1n) is 10.9. The third-order valence-corrected chi connectivity index (χ3v) is 5.84. The van der Waals surface area contributed by atoms with Crippen LogP contribution in [0.25, 0.3) is 22.2 Å². The number of nitrogens with zero attached hydrogens (tertiary/aromatic N) is 1. The van der Waals surface area contributed by atoms with Gasteiger partial charge in [0.05, 0.1) is 19.4 Å². The summed E-state index contributed by atoms with van der Waals surface area (Å²) in [7, 11) is 5.51. The lowest BCUT2D eigenvalue weighted by atomic mass is 10.0. The monoisotopic (exact) mass is 449 g/mol. The van der Waals surface area contributed by atoms with Crippen molar-refractivity contribution in [1.29, 1.82) is 0 Å². The maximum Gasteiger partial charge on any atom is 0.220 e. The molecule has 2 aromatic carbocycles. The van der Waals surface area contributed by atoms with Gasteiger partial charge in [-0.05, 0) is 86.2 Å². The number of hydrogen-bond donors (Lipinski definition) is 2. The lowest BCUT2D eigenvalue weighted by Gasteiger charge is -2.22. The van der Waals surface area contributed by atoms with Crippen molar-refractivity contribution >= 4 is 16.8 Å². The van der Waals surface area contributed by atoms with Gasteiger partial charge in [0.15, 0.2) is 0 Å². The Morgan fingerprint density at radius 3 is 2.64 bits per heavy atom. The summed E-state index contributed by atoms with van der Waals surface area (Å²) in [5.41, 5.74) is 3.59. The molecule has 1 atom stereocenters. The normalized spacial score (nSPS) is 12.3. The molecule has 0 unspecified atom stereocenters. The maximum atomic E-state index is 14.0. The van der Waals surface area contributed by atoms with Crippen molar-refractivity contribution in [3.8, 4) is 17.0 Å². The van der Waals surface area contributed by atoms with Gasteiger partial charge < -0.3 is 19.5 Å². The van der Waals surface area contributed by atoms with Gasteiger partial charge >= 0.3 is 0 Å². The van der Waals surface area contributed by atoms with Crippen LogP contribution in [0.3, 0.4) is 0 Å². The summed E-state index contributed by atoms with van der Waals surface area (Å²) in [6.45, 7) is 0.438. The number of carbonyl (C=O) groups excluding carboxylic acids is 1. The Hall–Kier alpha value is -3.58. The average molecular weight is 450 g/mol. The van der Waals surface area contributed by atoms with Crippen molar-refractivity contribution in [2.24, 2.45) is 0 Å². The topological polar surface area (TPSA) is 70.5 Å². The number of aryl methyl sites for hydroxylation is 1. The first-order valence-corrected chi connectivity index (χ1v) is 10.9. The van der Waals surface area contributed by atoms with Gasteiger partial charge in [-0.3, -0.25) is 9.69 Å². The van der Waals surface area contributed by atoms with E-state index in [0.717, 1.165) is 39.2 Å². The summed E-state index contributed by atoms with van der Waals surface area (Å²) < 4.78 is 24.8. The second-order valence-electron chi connectivity index (χ2n) is 8.20. The van der Waals surface area contributed by atoms with E-state index in [2.05, 4.69) is 10.3 Å². The molecule has 33 heavy (non-hydrogen) atoms. The number of amides is 1. The molecule has 4 rings (SSSR count). The van der Waals surface area contributed by atoms with E-state index in [9.17, 15) is 9.18 Å². The molecule has 4 aromatic rings. The lowest BCUT2D eigenvalue weighted by molar-refractivity contribution is -0.121. The number of ether oxygens (including phenoxy) is 1. The molecule has 2 heterocycles. The highest BCUT2D eigenvalue weighted by Gasteiger charge is 2.19. The zero-order chi connectivity index (χ0) is 23.4. The van der Waals surface area contributed by atoms with E-state index in [0.29, 0.717) is 13.0 Å². The molecule has 1 amide bonds. The molecule has 0 aliphatic rings. The van der Waals surface area contributed by atoms with Crippen molar-refractivity contribution in [3.05, 3.63) is 78.0 Å². The second-order valence-corrected chi connectivity index (χ2v) is 8.20. The van der Waals surface area contributed by atoms with Gasteiger partial charge in [0.2, 0.25) is 5.91 Å². The predicted octanol–water partition coefficient (Wildman–Crippen LogP) is 4.93. The SMILES string of the molecule is COc1ccc(-c2[nH]c3ccc(F)cc3c2CCC(=O)NC[C@H](c2ccco2)N(C)C)cc1. The van der Waals surface area contributed by atoms with Crippen molar-refractivity contribution in [2.75, 3.05) is 27.7 Å². The Balaban J connectivity index is 1.52. The van der Waals surface area contributed by atoms with E-state index in [-0.39, 0.29) is 24.2 Å². The van der Waals surface area contributed by atoms with Gasteiger partial charge in [-0.15, -0.1) is 0 Å². The molecule has 0 saturated heterocycles. The number of rotatable bonds is 9. The van der Waals surface area contributed by atoms with Gasteiger partial charge in [-0.25, -0.2) is 4.39 Å². The highest BCUT2D eigenvalue weighted by molar-refractivity contribution is 5.91. The molecule has 172 valence electrons. The van der Waals surface area contributed by atoms with Crippen LogP contribution in [-0.4, -0.2) is 43.5 Å². The molecule has 0 bridgehead atoms. The fourth-order valence-corrected chi connectivity index (χ4v) is 4.04. The first kappa shape index (κ1) is 22.6. The average Bonchev–Trinajstić information content (AvgIpc) is 3.46. The van der Waals surface area contributed by atoms with Crippen LogP contribution in [0.1, 0.15) is 23.8 Å². The molecule has 2 N–H and O–H groups in total. The van der Waals surface area contributed by atoms with E-state index >= 15 is 0 Å². The lowest BCUT2D eigenvalue weighted by Crippen LogP contribution is -2.34. The molecule has 2 aromatic heterocycles. The van der Waals surface area contributed by atoms with Crippen molar-refractivity contribution in [1.82, 2.24) is 15.2 Å². The van der Waals surface area contributed by atoms with Crippen LogP contribution < -0.4 is 10.1 Å². The summed E-state index contributed by atoms with van der Waals surface area (Å²) in [4.78, 5) is 18.1. The summed E-state index contributed by atoms with van der Waals surface area (Å²) in [5.74, 6) is 1.18. The molecule has 7 heteroatoms. The van der Waals surface area contributed by atoms with Crippen LogP contribution in [0.4, 0.5) is 4.39 Å². The summed E-state index contributed by atoms with van der Waals surface area (Å²) >= 11 is 0. The van der Waals surface area contributed by atoms with E-state index in [4.69, 9.17) is 9.15 Å². The molecular formula is C26H28FN3O3. The van der Waals surface area contributed by atoms with Gasteiger partial charge in [0.25, 0.3) is 0 Å². The molecular weight excluding hydrogens is 421 g/mol. The molecule has 6 nitrogen and oxygen atoms in total. The van der Waals surface area contributed by atoms with Gasteiger partial charge in [0, 0.05) is 29.6 Å². The Kier molecular flexibility index (Phi) is 6.79. The number of hydrogen-bond acceptors (Lipinski definition) is 4. The minimum atomic E-state index is -0.305. The number of furan rings is 1. The number of methoxy groups -OCH3 is 1. The van der Waals surface area contributed by atoms with Gasteiger partial charge in [0.1, 0.15) is 17.3 Å². The number of benzene rings is 2. The number of H-pyrrole nitrogens is 1. The van der Waals surface area contributed by atoms with E-state index in [1.54, 1.807) is 19.4 Å². The third kappa shape index (κ3) is 5.09. The van der Waals surface area contributed by atoms with Crippen molar-refractivity contribution < 1.29 is 18.3 Å². The first-order chi connectivity index (χ1) is 16.0. The summed E-state index contributed by atoms with van der Waals surface area (Å²) in [6.07, 6.45) is 2.39. The smallest absolute Gasteiger partial charge is 0.220 e. The Morgan fingerprint density at radius 2 is 1.97 bits per heavy atom. The van der Waals surface area contributed by atoms with E-state index in [1.165, 1.54) is 12.1 Å². The van der Waals surface area contributed by atoms with Crippen LogP contribution in [-0.2, 0) is 11.2 Å². The van der Waals surface area contributed by atoms with Crippen LogP contribution in [0.2, 0.25) is 0 Å². The fraction of sp³-hybridized carbons (Fsp3) is 0.269. The molecule has 0 saturated carbocycles. The molecule has 0 spiro atoms. The largest absolute Gasteiger partial charge is 0.497 e. The van der Waals surface area contributed by atoms with Crippen LogP contribution >= 0.6 is 0 Å². The highest BCUT2D eigenvalue weighted by atomic mass is 19.1. The summed E-state index contributed by atoms with van der Waals surface area (Å²) in [6, 6.07) is 16.0. The Bertz CT molecular complexity index is 1210. The molecule has 0 fully saturated rings. The standard InChI is InChI=1S/C26H28FN3O3/c1-30(2)23(24-5-4-14-33-24)16-28-25(31)13-11-20-21-15-18(27)8-12-22(21)29-26(20)17-6-9-19(32-3)10-7-17/h4-10,12,14-15,23,29H,11,13,16H2,1-3H3,(H,28,31)/t23-/m1/s1. The van der Waals surface area contributed by atoms with Gasteiger partial charge in [-0.2, -0.15) is 0 Å². The number of nitrogens with one attached hydrogen (secondary N) is 2. The second kappa shape index (κ2) is 9.92. The van der Waals surface area contributed by atoms with Crippen LogP contribution in [0.15, 0.2) is 65.3 Å². The minimum absolute atomic E-state index is 0.0546. The summed E-state index contributed by atoms with van der Waals surface area (Å²) in [5, 5.41) is 3.79. The van der Waals surface area contributed by atoms with Crippen molar-refractivity contribution in [2.45, 2.75) is 18.9 Å². The van der Waals surface area contributed by atoms with Gasteiger partial charge in [-0.1, -0.05) is 0 Å². The highest BCUT2D eigenvalue weighted by Crippen LogP contribution is 2.32. The van der Waals surface area contributed by atoms with E-state index in [1.807, 2.05) is 55.4 Å². The zero-order valence-electron chi connectivity index (χ0n) is 19.0. The Labute approximate surface area is 192 Å². The molecule has 0 radical (unpaired) electrons. The number of carbonyl (C=O) groups is 1. The van der Waals surface area contributed by atoms with E-state index < -0.39 is 0 Å².